The van der Waals surface area contributed by atoms with Gasteiger partial charge in [0.25, 0.3) is 0 Å². The van der Waals surface area contributed by atoms with Gasteiger partial charge in [0, 0.05) is 12.1 Å². The molecule has 0 aromatic heterocycles. The second-order valence-electron chi connectivity index (χ2n) is 5.26. The smallest absolute Gasteiger partial charge is 0.215 e. The Kier molecular flexibility index (Phi) is 4.37. The van der Waals surface area contributed by atoms with Gasteiger partial charge < -0.3 is 5.32 Å². The minimum Gasteiger partial charge on any atom is -0.316 e. The van der Waals surface area contributed by atoms with Gasteiger partial charge in [0.1, 0.15) is 0 Å². The van der Waals surface area contributed by atoms with E-state index in [1.807, 2.05) is 20.8 Å². The molecule has 0 radical (unpaired) electrons. The van der Waals surface area contributed by atoms with Gasteiger partial charge in [-0.05, 0) is 46.1 Å². The summed E-state index contributed by atoms with van der Waals surface area (Å²) in [7, 11) is -3.21. The number of nitrogens with one attached hydrogen (secondary N) is 2. The largest absolute Gasteiger partial charge is 0.316 e. The van der Waals surface area contributed by atoms with Crippen molar-refractivity contribution in [3.8, 4) is 0 Å². The van der Waals surface area contributed by atoms with Gasteiger partial charge in [-0.1, -0.05) is 6.92 Å². The molecule has 1 fully saturated rings. The van der Waals surface area contributed by atoms with Crippen LogP contribution < -0.4 is 10.0 Å². The van der Waals surface area contributed by atoms with Gasteiger partial charge in [-0.2, -0.15) is 0 Å². The van der Waals surface area contributed by atoms with E-state index in [-0.39, 0.29) is 10.8 Å². The molecular formula is C11H24N2O2S. The molecule has 1 aliphatic carbocycles. The predicted octanol–water partition coefficient (Wildman–Crippen LogP) is 1.09. The van der Waals surface area contributed by atoms with Crippen LogP contribution in [0.3, 0.4) is 0 Å². The van der Waals surface area contributed by atoms with Crippen molar-refractivity contribution in [3.63, 3.8) is 0 Å². The average molecular weight is 248 g/mol. The van der Waals surface area contributed by atoms with Crippen LogP contribution in [0.15, 0.2) is 0 Å². The van der Waals surface area contributed by atoms with Crippen molar-refractivity contribution in [1.29, 1.82) is 0 Å². The normalized spacial score (nSPS) is 19.8. The van der Waals surface area contributed by atoms with Crippen molar-refractivity contribution in [3.05, 3.63) is 0 Å². The highest BCUT2D eigenvalue weighted by Crippen LogP contribution is 2.39. The maximum atomic E-state index is 12.0. The van der Waals surface area contributed by atoms with Gasteiger partial charge in [-0.15, -0.1) is 0 Å². The third-order valence-corrected chi connectivity index (χ3v) is 5.25. The van der Waals surface area contributed by atoms with Crippen LogP contribution in [0.1, 0.15) is 40.5 Å². The molecule has 1 aliphatic rings. The quantitative estimate of drug-likeness (QED) is 0.709. The number of sulfonamides is 1. The summed E-state index contributed by atoms with van der Waals surface area (Å²) < 4.78 is 26.9. The number of rotatable bonds is 7. The zero-order valence-electron chi connectivity index (χ0n) is 10.7. The van der Waals surface area contributed by atoms with Gasteiger partial charge in [0.05, 0.1) is 5.25 Å². The molecule has 5 heteroatoms. The van der Waals surface area contributed by atoms with Gasteiger partial charge in [-0.25, -0.2) is 13.1 Å². The lowest BCUT2D eigenvalue weighted by Crippen LogP contribution is -2.50. The summed E-state index contributed by atoms with van der Waals surface area (Å²) >= 11 is 0. The monoisotopic (exact) mass is 248 g/mol. The minimum atomic E-state index is -3.21. The van der Waals surface area contributed by atoms with E-state index in [4.69, 9.17) is 0 Å². The Bertz CT molecular complexity index is 321. The third kappa shape index (κ3) is 3.71. The molecule has 0 amide bonds. The molecule has 1 saturated carbocycles. The van der Waals surface area contributed by atoms with E-state index in [1.54, 1.807) is 6.92 Å². The van der Waals surface area contributed by atoms with Crippen molar-refractivity contribution in [2.45, 2.75) is 51.3 Å². The molecule has 1 atom stereocenters. The average Bonchev–Trinajstić information content (AvgIpc) is 2.95. The highest BCUT2D eigenvalue weighted by molar-refractivity contribution is 7.90. The van der Waals surface area contributed by atoms with Crippen molar-refractivity contribution < 1.29 is 8.42 Å². The van der Waals surface area contributed by atoms with Gasteiger partial charge >= 0.3 is 0 Å². The van der Waals surface area contributed by atoms with Crippen LogP contribution in [0.25, 0.3) is 0 Å². The van der Waals surface area contributed by atoms with E-state index in [0.717, 1.165) is 19.4 Å². The van der Waals surface area contributed by atoms with E-state index in [2.05, 4.69) is 10.0 Å². The summed E-state index contributed by atoms with van der Waals surface area (Å²) in [5, 5.41) is 2.68. The van der Waals surface area contributed by atoms with E-state index >= 15 is 0 Å². The third-order valence-electron chi connectivity index (χ3n) is 3.21. The van der Waals surface area contributed by atoms with Crippen molar-refractivity contribution in [2.24, 2.45) is 5.92 Å². The molecule has 96 valence electrons. The molecule has 0 aromatic carbocycles. The summed E-state index contributed by atoms with van der Waals surface area (Å²) in [4.78, 5) is 0. The lowest BCUT2D eigenvalue weighted by molar-refractivity contribution is 0.397. The molecule has 1 unspecified atom stereocenters. The first kappa shape index (κ1) is 13.9. The topological polar surface area (TPSA) is 58.2 Å². The van der Waals surface area contributed by atoms with E-state index in [9.17, 15) is 8.42 Å². The summed E-state index contributed by atoms with van der Waals surface area (Å²) in [6.07, 6.45) is 2.27. The van der Waals surface area contributed by atoms with E-state index < -0.39 is 10.0 Å². The van der Waals surface area contributed by atoms with Crippen molar-refractivity contribution >= 4 is 10.0 Å². The molecular weight excluding hydrogens is 224 g/mol. The minimum absolute atomic E-state index is 0.292. The molecule has 4 nitrogen and oxygen atoms in total. The Morgan fingerprint density at radius 2 is 1.94 bits per heavy atom. The van der Waals surface area contributed by atoms with Crippen molar-refractivity contribution in [1.82, 2.24) is 10.0 Å². The Hall–Kier alpha value is -0.130. The maximum Gasteiger partial charge on any atom is 0.215 e. The van der Waals surface area contributed by atoms with Crippen LogP contribution in [0.2, 0.25) is 0 Å². The Morgan fingerprint density at radius 1 is 1.38 bits per heavy atom. The first-order valence-electron chi connectivity index (χ1n) is 6.03. The Labute approximate surface area is 99.2 Å². The molecule has 16 heavy (non-hydrogen) atoms. The van der Waals surface area contributed by atoms with Gasteiger partial charge in [-0.3, -0.25) is 0 Å². The van der Waals surface area contributed by atoms with Crippen LogP contribution in [-0.2, 0) is 10.0 Å². The second-order valence-corrected chi connectivity index (χ2v) is 7.36. The van der Waals surface area contributed by atoms with Crippen LogP contribution in [0, 0.1) is 5.92 Å². The van der Waals surface area contributed by atoms with Crippen LogP contribution in [-0.4, -0.2) is 32.3 Å². The molecule has 0 aliphatic heterocycles. The summed E-state index contributed by atoms with van der Waals surface area (Å²) in [5.41, 5.74) is -0.292. The van der Waals surface area contributed by atoms with Crippen molar-refractivity contribution in [2.75, 3.05) is 13.1 Å². The fourth-order valence-corrected chi connectivity index (χ4v) is 3.25. The second kappa shape index (κ2) is 5.02. The Balaban J connectivity index is 2.56. The first-order valence-corrected chi connectivity index (χ1v) is 7.57. The molecule has 0 bridgehead atoms. The number of hydrogen-bond acceptors (Lipinski definition) is 3. The van der Waals surface area contributed by atoms with E-state index in [0.29, 0.717) is 12.5 Å². The fourth-order valence-electron chi connectivity index (χ4n) is 1.81. The highest BCUT2D eigenvalue weighted by Gasteiger charge is 2.41. The van der Waals surface area contributed by atoms with Gasteiger partial charge in [0.15, 0.2) is 0 Å². The molecule has 2 N–H and O–H groups in total. The Morgan fingerprint density at radius 3 is 2.38 bits per heavy atom. The zero-order valence-corrected chi connectivity index (χ0v) is 11.5. The summed E-state index contributed by atoms with van der Waals surface area (Å²) in [5.74, 6) is 0.508. The number of hydrogen-bond donors (Lipinski definition) is 2. The molecule has 0 spiro atoms. The van der Waals surface area contributed by atoms with E-state index in [1.165, 1.54) is 0 Å². The molecule has 1 rings (SSSR count). The van der Waals surface area contributed by atoms with Crippen LogP contribution in [0.5, 0.6) is 0 Å². The summed E-state index contributed by atoms with van der Waals surface area (Å²) in [6, 6.07) is 0. The fraction of sp³-hybridized carbons (Fsp3) is 1.00. The predicted molar refractivity (Wildman–Crippen MR) is 66.9 cm³/mol. The lowest BCUT2D eigenvalue weighted by atomic mass is 10.0. The SMILES string of the molecule is CCNCC(C)S(=O)(=O)NC(C)(C)C1CC1. The molecule has 0 aromatic rings. The zero-order chi connectivity index (χ0) is 12.4. The molecule has 0 saturated heterocycles. The highest BCUT2D eigenvalue weighted by atomic mass is 32.2. The first-order chi connectivity index (χ1) is 7.29. The standard InChI is InChI=1S/C11H24N2O2S/c1-5-12-8-9(2)16(14,15)13-11(3,4)10-6-7-10/h9-10,12-13H,5-8H2,1-4H3. The maximum absolute atomic E-state index is 12.0. The summed E-state index contributed by atoms with van der Waals surface area (Å²) in [6.45, 7) is 8.97. The van der Waals surface area contributed by atoms with Crippen LogP contribution in [0.4, 0.5) is 0 Å². The molecule has 0 heterocycles. The van der Waals surface area contributed by atoms with Crippen LogP contribution >= 0.6 is 0 Å². The van der Waals surface area contributed by atoms with Gasteiger partial charge in [0.2, 0.25) is 10.0 Å². The lowest BCUT2D eigenvalue weighted by Gasteiger charge is -2.28.